The predicted molar refractivity (Wildman–Crippen MR) is 75.9 cm³/mol. The number of hydrogen-bond acceptors (Lipinski definition) is 3. The summed E-state index contributed by atoms with van der Waals surface area (Å²) in [5.41, 5.74) is 2.61. The van der Waals surface area contributed by atoms with Crippen LogP contribution in [0.15, 0.2) is 42.5 Å². The van der Waals surface area contributed by atoms with Crippen LogP contribution in [0.25, 0.3) is 0 Å². The predicted octanol–water partition coefficient (Wildman–Crippen LogP) is 4.16. The normalized spacial score (nSPS) is 9.74. The Morgan fingerprint density at radius 1 is 1.21 bits per heavy atom. The molecule has 3 nitrogen and oxygen atoms in total. The number of ketones is 1. The molecule has 0 saturated heterocycles. The summed E-state index contributed by atoms with van der Waals surface area (Å²) in [6, 6.07) is 14.2. The molecule has 0 fully saturated rings. The topological polar surface area (TPSA) is 52.9 Å². The van der Waals surface area contributed by atoms with E-state index in [1.54, 1.807) is 36.4 Å². The van der Waals surface area contributed by atoms with Crippen molar-refractivity contribution in [2.75, 3.05) is 5.32 Å². The van der Waals surface area contributed by atoms with Gasteiger partial charge in [-0.1, -0.05) is 17.7 Å². The summed E-state index contributed by atoms with van der Waals surface area (Å²) in [5, 5.41) is 12.5. The van der Waals surface area contributed by atoms with Gasteiger partial charge < -0.3 is 5.32 Å². The maximum atomic E-state index is 11.4. The number of nitriles is 1. The molecule has 0 atom stereocenters. The second kappa shape index (κ2) is 5.55. The first-order valence-electron chi connectivity index (χ1n) is 5.67. The maximum Gasteiger partial charge on any atom is 0.159 e. The first-order chi connectivity index (χ1) is 9.08. The highest BCUT2D eigenvalue weighted by molar-refractivity contribution is 6.31. The standard InChI is InChI=1S/C15H11ClN2O/c1-10(19)12-6-13(16)8-15(7-12)18-14-4-2-3-11(5-14)9-17/h2-8,18H,1H3. The molecule has 1 N–H and O–H groups in total. The number of benzene rings is 2. The van der Waals surface area contributed by atoms with Crippen molar-refractivity contribution in [2.45, 2.75) is 6.92 Å². The van der Waals surface area contributed by atoms with Gasteiger partial charge in [0.2, 0.25) is 0 Å². The fourth-order valence-electron chi connectivity index (χ4n) is 1.70. The Bertz CT molecular complexity index is 674. The molecule has 2 aromatic rings. The molecular formula is C15H11ClN2O. The number of nitrogens with one attached hydrogen (secondary N) is 1. The Labute approximate surface area is 116 Å². The molecule has 0 aromatic heterocycles. The molecule has 0 aliphatic heterocycles. The van der Waals surface area contributed by atoms with Gasteiger partial charge in [0.15, 0.2) is 5.78 Å². The largest absolute Gasteiger partial charge is 0.355 e. The third kappa shape index (κ3) is 3.34. The number of carbonyl (C=O) groups excluding carboxylic acids is 1. The van der Waals surface area contributed by atoms with E-state index in [1.165, 1.54) is 6.92 Å². The minimum Gasteiger partial charge on any atom is -0.355 e. The third-order valence-corrected chi connectivity index (χ3v) is 2.80. The first-order valence-corrected chi connectivity index (χ1v) is 6.05. The molecule has 0 amide bonds. The van der Waals surface area contributed by atoms with Crippen LogP contribution in [0.5, 0.6) is 0 Å². The van der Waals surface area contributed by atoms with E-state index in [-0.39, 0.29) is 5.78 Å². The molecule has 94 valence electrons. The fourth-order valence-corrected chi connectivity index (χ4v) is 1.93. The summed E-state index contributed by atoms with van der Waals surface area (Å²) in [6.45, 7) is 1.49. The number of halogens is 1. The number of Topliss-reactive ketones (excluding diaryl/α,β-unsaturated/α-hetero) is 1. The minimum atomic E-state index is -0.0451. The summed E-state index contributed by atoms with van der Waals surface area (Å²) >= 11 is 5.97. The smallest absolute Gasteiger partial charge is 0.159 e. The number of anilines is 2. The van der Waals surface area contributed by atoms with Crippen molar-refractivity contribution in [3.05, 3.63) is 58.6 Å². The molecular weight excluding hydrogens is 260 g/mol. The van der Waals surface area contributed by atoms with E-state index in [2.05, 4.69) is 11.4 Å². The molecule has 4 heteroatoms. The molecule has 2 rings (SSSR count). The highest BCUT2D eigenvalue weighted by Crippen LogP contribution is 2.23. The van der Waals surface area contributed by atoms with E-state index in [0.717, 1.165) is 5.69 Å². The Kier molecular flexibility index (Phi) is 3.84. The fraction of sp³-hybridized carbons (Fsp3) is 0.0667. The van der Waals surface area contributed by atoms with Crippen LogP contribution in [0, 0.1) is 11.3 Å². The van der Waals surface area contributed by atoms with Crippen molar-refractivity contribution in [3.63, 3.8) is 0 Å². The van der Waals surface area contributed by atoms with Gasteiger partial charge >= 0.3 is 0 Å². The highest BCUT2D eigenvalue weighted by atomic mass is 35.5. The number of rotatable bonds is 3. The molecule has 19 heavy (non-hydrogen) atoms. The third-order valence-electron chi connectivity index (χ3n) is 2.58. The summed E-state index contributed by atoms with van der Waals surface area (Å²) in [4.78, 5) is 11.4. The average Bonchev–Trinajstić information content (AvgIpc) is 2.38. The Hall–Kier alpha value is -2.31. The second-order valence-electron chi connectivity index (χ2n) is 4.10. The van der Waals surface area contributed by atoms with Gasteiger partial charge in [-0.3, -0.25) is 4.79 Å². The molecule has 0 heterocycles. The number of carbonyl (C=O) groups is 1. The molecule has 0 bridgehead atoms. The van der Waals surface area contributed by atoms with E-state index in [0.29, 0.717) is 21.8 Å². The molecule has 0 aliphatic rings. The van der Waals surface area contributed by atoms with E-state index >= 15 is 0 Å². The van der Waals surface area contributed by atoms with Crippen LogP contribution in [0.1, 0.15) is 22.8 Å². The van der Waals surface area contributed by atoms with Gasteiger partial charge in [0.1, 0.15) is 0 Å². The van der Waals surface area contributed by atoms with Crippen LogP contribution in [0.3, 0.4) is 0 Å². The Morgan fingerprint density at radius 3 is 2.68 bits per heavy atom. The molecule has 0 unspecified atom stereocenters. The molecule has 2 aromatic carbocycles. The number of nitrogens with zero attached hydrogens (tertiary/aromatic N) is 1. The van der Waals surface area contributed by atoms with Crippen molar-refractivity contribution < 1.29 is 4.79 Å². The van der Waals surface area contributed by atoms with Crippen molar-refractivity contribution in [1.82, 2.24) is 0 Å². The van der Waals surface area contributed by atoms with Crippen LogP contribution in [-0.4, -0.2) is 5.78 Å². The zero-order chi connectivity index (χ0) is 13.8. The molecule has 0 aliphatic carbocycles. The van der Waals surface area contributed by atoms with Crippen LogP contribution in [0.4, 0.5) is 11.4 Å². The zero-order valence-electron chi connectivity index (χ0n) is 10.3. The van der Waals surface area contributed by atoms with E-state index in [1.807, 2.05) is 6.07 Å². The lowest BCUT2D eigenvalue weighted by Gasteiger charge is -2.08. The zero-order valence-corrected chi connectivity index (χ0v) is 11.0. The van der Waals surface area contributed by atoms with Gasteiger partial charge in [0.25, 0.3) is 0 Å². The van der Waals surface area contributed by atoms with Crippen molar-refractivity contribution in [2.24, 2.45) is 0 Å². The summed E-state index contributed by atoms with van der Waals surface area (Å²) in [5.74, 6) is -0.0451. The maximum absolute atomic E-state index is 11.4. The van der Waals surface area contributed by atoms with E-state index in [9.17, 15) is 4.79 Å². The quantitative estimate of drug-likeness (QED) is 0.852. The van der Waals surface area contributed by atoms with Gasteiger partial charge in [0, 0.05) is 22.0 Å². The summed E-state index contributed by atoms with van der Waals surface area (Å²) < 4.78 is 0. The van der Waals surface area contributed by atoms with Crippen LogP contribution in [0.2, 0.25) is 5.02 Å². The van der Waals surface area contributed by atoms with Gasteiger partial charge in [-0.2, -0.15) is 5.26 Å². The minimum absolute atomic E-state index is 0.0451. The van der Waals surface area contributed by atoms with Gasteiger partial charge in [-0.15, -0.1) is 0 Å². The van der Waals surface area contributed by atoms with Crippen molar-refractivity contribution in [1.29, 1.82) is 5.26 Å². The van der Waals surface area contributed by atoms with E-state index < -0.39 is 0 Å². The SMILES string of the molecule is CC(=O)c1cc(Cl)cc(Nc2cccc(C#N)c2)c1. The van der Waals surface area contributed by atoms with Crippen LogP contribution in [-0.2, 0) is 0 Å². The highest BCUT2D eigenvalue weighted by Gasteiger charge is 2.04. The van der Waals surface area contributed by atoms with Crippen LogP contribution < -0.4 is 5.32 Å². The lowest BCUT2D eigenvalue weighted by molar-refractivity contribution is 0.101. The Morgan fingerprint density at radius 2 is 2.00 bits per heavy atom. The summed E-state index contributed by atoms with van der Waals surface area (Å²) in [7, 11) is 0. The monoisotopic (exact) mass is 270 g/mol. The van der Waals surface area contributed by atoms with Gasteiger partial charge in [0.05, 0.1) is 11.6 Å². The second-order valence-corrected chi connectivity index (χ2v) is 4.54. The lowest BCUT2D eigenvalue weighted by atomic mass is 10.1. The summed E-state index contributed by atoms with van der Waals surface area (Å²) in [6.07, 6.45) is 0. The van der Waals surface area contributed by atoms with Crippen molar-refractivity contribution >= 4 is 28.8 Å². The van der Waals surface area contributed by atoms with Crippen molar-refractivity contribution in [3.8, 4) is 6.07 Å². The first kappa shape index (κ1) is 13.1. The molecule has 0 spiro atoms. The van der Waals surface area contributed by atoms with Crippen LogP contribution >= 0.6 is 11.6 Å². The Balaban J connectivity index is 2.33. The molecule has 0 saturated carbocycles. The molecule has 0 radical (unpaired) electrons. The van der Waals surface area contributed by atoms with E-state index in [4.69, 9.17) is 16.9 Å². The number of hydrogen-bond donors (Lipinski definition) is 1. The van der Waals surface area contributed by atoms with Gasteiger partial charge in [-0.25, -0.2) is 0 Å². The van der Waals surface area contributed by atoms with Gasteiger partial charge in [-0.05, 0) is 43.3 Å². The lowest BCUT2D eigenvalue weighted by Crippen LogP contribution is -1.96. The average molecular weight is 271 g/mol.